The van der Waals surface area contributed by atoms with Crippen LogP contribution in [-0.4, -0.2) is 18.4 Å². The van der Waals surface area contributed by atoms with E-state index in [9.17, 15) is 0 Å². The van der Waals surface area contributed by atoms with Crippen LogP contribution >= 0.6 is 11.3 Å². The summed E-state index contributed by atoms with van der Waals surface area (Å²) in [4.78, 5) is 14.9. The van der Waals surface area contributed by atoms with Crippen LogP contribution in [0.3, 0.4) is 0 Å². The fraction of sp³-hybridized carbons (Fsp3) is 0.0192. The van der Waals surface area contributed by atoms with E-state index in [1.54, 1.807) is 0 Å². The van der Waals surface area contributed by atoms with Gasteiger partial charge in [0, 0.05) is 42.1 Å². The molecule has 0 atom stereocenters. The van der Waals surface area contributed by atoms with Crippen molar-refractivity contribution in [1.29, 1.82) is 0 Å². The molecule has 5 heteroatoms. The Morgan fingerprint density at radius 3 is 2.04 bits per heavy atom. The van der Waals surface area contributed by atoms with E-state index in [2.05, 4.69) is 145 Å². The molecule has 0 aliphatic rings. The van der Waals surface area contributed by atoms with Crippen LogP contribution in [0.15, 0.2) is 195 Å². The van der Waals surface area contributed by atoms with Crippen LogP contribution in [0, 0.1) is 0 Å². The highest BCUT2D eigenvalue weighted by Crippen LogP contribution is 2.43. The Hall–Kier alpha value is -7.21. The summed E-state index contributed by atoms with van der Waals surface area (Å²) in [5.41, 5.74) is 6.63. The minimum atomic E-state index is 0.423. The van der Waals surface area contributed by atoms with Crippen molar-refractivity contribution in [3.05, 3.63) is 193 Å². The molecule has 9 aromatic carbocycles. The van der Waals surface area contributed by atoms with Crippen LogP contribution in [0.5, 0.6) is 0 Å². The number of thiophene rings is 1. The molecule has 0 radical (unpaired) electrons. The highest BCUT2D eigenvalue weighted by molar-refractivity contribution is 7.26. The molecule has 0 bridgehead atoms. The van der Waals surface area contributed by atoms with Crippen LogP contribution in [-0.2, 0) is 6.54 Å². The first-order valence-electron chi connectivity index (χ1n) is 19.0. The lowest BCUT2D eigenvalue weighted by Gasteiger charge is -2.10. The summed E-state index contributed by atoms with van der Waals surface area (Å²) in [6.45, 7) is 4.35. The molecule has 0 aliphatic heterocycles. The molecule has 0 spiro atoms. The molecule has 0 unspecified atom stereocenters. The molecule has 4 nitrogen and oxygen atoms in total. The Balaban J connectivity index is 1.12. The number of aliphatic imine (C=N–C) groups is 3. The topological polar surface area (TPSA) is 50.2 Å². The van der Waals surface area contributed by atoms with Gasteiger partial charge in [0.1, 0.15) is 11.2 Å². The largest absolute Gasteiger partial charge is 0.456 e. The van der Waals surface area contributed by atoms with Crippen LogP contribution < -0.4 is 0 Å². The van der Waals surface area contributed by atoms with Gasteiger partial charge in [-0.25, -0.2) is 9.98 Å². The number of amidine groups is 2. The van der Waals surface area contributed by atoms with Crippen molar-refractivity contribution < 1.29 is 4.42 Å². The van der Waals surface area contributed by atoms with Crippen molar-refractivity contribution >= 4 is 104 Å². The van der Waals surface area contributed by atoms with Crippen molar-refractivity contribution in [3.8, 4) is 11.1 Å². The van der Waals surface area contributed by atoms with E-state index >= 15 is 0 Å². The predicted molar refractivity (Wildman–Crippen MR) is 244 cm³/mol. The second kappa shape index (κ2) is 13.5. The normalized spacial score (nSPS) is 12.6. The molecule has 0 amide bonds. The van der Waals surface area contributed by atoms with Gasteiger partial charge in [-0.2, -0.15) is 0 Å². The van der Waals surface area contributed by atoms with Gasteiger partial charge in [0.05, 0.1) is 6.54 Å². The van der Waals surface area contributed by atoms with Crippen LogP contribution in [0.1, 0.15) is 16.7 Å². The first kappa shape index (κ1) is 33.2. The van der Waals surface area contributed by atoms with E-state index in [4.69, 9.17) is 14.4 Å². The molecule has 0 saturated carbocycles. The smallest absolute Gasteiger partial charge is 0.161 e. The summed E-state index contributed by atoms with van der Waals surface area (Å²) < 4.78 is 9.20. The van der Waals surface area contributed by atoms with Crippen LogP contribution in [0.25, 0.3) is 85.6 Å². The zero-order valence-electron chi connectivity index (χ0n) is 30.8. The van der Waals surface area contributed by atoms with Gasteiger partial charge in [-0.05, 0) is 92.1 Å². The average molecular weight is 748 g/mol. The molecule has 0 saturated heterocycles. The molecule has 11 aromatic rings. The van der Waals surface area contributed by atoms with E-state index in [1.807, 2.05) is 53.8 Å². The first-order chi connectivity index (χ1) is 28.2. The third-order valence-electron chi connectivity index (χ3n) is 11.0. The fourth-order valence-corrected chi connectivity index (χ4v) is 9.48. The second-order valence-corrected chi connectivity index (χ2v) is 15.5. The number of nitrogens with zero attached hydrogens (tertiary/aromatic N) is 3. The van der Waals surface area contributed by atoms with Gasteiger partial charge in [-0.15, -0.1) is 11.3 Å². The Kier molecular flexibility index (Phi) is 7.86. The lowest BCUT2D eigenvalue weighted by molar-refractivity contribution is 0.669. The Bertz CT molecular complexity index is 3460. The van der Waals surface area contributed by atoms with Gasteiger partial charge < -0.3 is 4.42 Å². The van der Waals surface area contributed by atoms with Crippen LogP contribution in [0.2, 0.25) is 0 Å². The molecule has 2 aromatic heterocycles. The highest BCUT2D eigenvalue weighted by Gasteiger charge is 2.20. The van der Waals surface area contributed by atoms with Crippen molar-refractivity contribution in [1.82, 2.24) is 0 Å². The summed E-state index contributed by atoms with van der Waals surface area (Å²) in [5.74, 6) is 1.07. The lowest BCUT2D eigenvalue weighted by atomic mass is 9.95. The maximum Gasteiger partial charge on any atom is 0.161 e. The summed E-state index contributed by atoms with van der Waals surface area (Å²) in [7, 11) is 0. The van der Waals surface area contributed by atoms with Gasteiger partial charge in [-0.3, -0.25) is 4.99 Å². The number of rotatable bonds is 5. The SMILES string of the molecule is C=NC(=NC(=NCc1ccc2ccc3ccccc3c2c1)c1cccc2oc3cccc(-c4ccc5sc6ccc7ccccc7c6c5c4)c3c12)c1ccccc1. The lowest BCUT2D eigenvalue weighted by Crippen LogP contribution is -2.06. The van der Waals surface area contributed by atoms with E-state index in [0.29, 0.717) is 18.2 Å². The summed E-state index contributed by atoms with van der Waals surface area (Å²) in [5, 5.41) is 11.9. The Morgan fingerprint density at radius 1 is 0.509 bits per heavy atom. The quantitative estimate of drug-likeness (QED) is 0.0982. The summed E-state index contributed by atoms with van der Waals surface area (Å²) in [6, 6.07) is 61.9. The number of hydrogen-bond acceptors (Lipinski definition) is 3. The second-order valence-electron chi connectivity index (χ2n) is 14.4. The molecule has 0 aliphatic carbocycles. The molecule has 0 N–H and O–H groups in total. The van der Waals surface area contributed by atoms with E-state index in [-0.39, 0.29) is 0 Å². The standard InChI is InChI=1S/C52H33N3OS/c1-53-51(36-13-3-2-4-14-36)55-52(54-31-32-21-22-35-24-23-33-11-5-7-15-38(33)42(35)29-32)41-18-10-20-45-50(41)49-40(17-9-19-44(49)56-45)37-26-27-46-43(30-37)48-39-16-8-6-12-34(39)25-28-47(48)57-46/h2-30H,1,31H2. The van der Waals surface area contributed by atoms with E-state index < -0.39 is 0 Å². The molecule has 268 valence electrons. The minimum Gasteiger partial charge on any atom is -0.456 e. The van der Waals surface area contributed by atoms with Crippen molar-refractivity contribution in [2.24, 2.45) is 15.0 Å². The molecular formula is C52H33N3OS. The summed E-state index contributed by atoms with van der Waals surface area (Å²) >= 11 is 1.84. The van der Waals surface area contributed by atoms with Crippen molar-refractivity contribution in [2.45, 2.75) is 6.54 Å². The summed E-state index contributed by atoms with van der Waals surface area (Å²) in [6.07, 6.45) is 0. The molecule has 57 heavy (non-hydrogen) atoms. The molecule has 0 fully saturated rings. The Labute approximate surface area is 332 Å². The molecular weight excluding hydrogens is 715 g/mol. The first-order valence-corrected chi connectivity index (χ1v) is 19.9. The van der Waals surface area contributed by atoms with E-state index in [0.717, 1.165) is 49.8 Å². The van der Waals surface area contributed by atoms with Crippen LogP contribution in [0.4, 0.5) is 0 Å². The Morgan fingerprint density at radius 2 is 1.19 bits per heavy atom. The van der Waals surface area contributed by atoms with Crippen molar-refractivity contribution in [3.63, 3.8) is 0 Å². The van der Waals surface area contributed by atoms with Gasteiger partial charge in [-0.1, -0.05) is 140 Å². The zero-order valence-corrected chi connectivity index (χ0v) is 31.6. The van der Waals surface area contributed by atoms with Gasteiger partial charge in [0.15, 0.2) is 11.7 Å². The zero-order chi connectivity index (χ0) is 37.9. The predicted octanol–water partition coefficient (Wildman–Crippen LogP) is 14.2. The molecule has 2 heterocycles. The van der Waals surface area contributed by atoms with Crippen molar-refractivity contribution in [2.75, 3.05) is 0 Å². The monoisotopic (exact) mass is 747 g/mol. The number of hydrogen-bond donors (Lipinski definition) is 0. The third-order valence-corrected chi connectivity index (χ3v) is 12.2. The number of furan rings is 1. The number of fused-ring (bicyclic) bond motifs is 11. The fourth-order valence-electron chi connectivity index (χ4n) is 8.38. The maximum atomic E-state index is 6.64. The molecule has 11 rings (SSSR count). The van der Waals surface area contributed by atoms with Gasteiger partial charge in [0.25, 0.3) is 0 Å². The minimum absolute atomic E-state index is 0.423. The van der Waals surface area contributed by atoms with E-state index in [1.165, 1.54) is 52.5 Å². The maximum absolute atomic E-state index is 6.64. The van der Waals surface area contributed by atoms with Gasteiger partial charge >= 0.3 is 0 Å². The average Bonchev–Trinajstić information content (AvgIpc) is 3.85. The highest BCUT2D eigenvalue weighted by atomic mass is 32.1. The third kappa shape index (κ3) is 5.63. The number of benzene rings is 9. The van der Waals surface area contributed by atoms with Gasteiger partial charge in [0.2, 0.25) is 0 Å².